The number of nitrogens with zero attached hydrogens (tertiary/aromatic N) is 4. The Bertz CT molecular complexity index is 2020. The van der Waals surface area contributed by atoms with E-state index in [9.17, 15) is 0 Å². The molecule has 0 amide bonds. The smallest absolute Gasteiger partial charge is 0.240 e. The van der Waals surface area contributed by atoms with Gasteiger partial charge in [-0.3, -0.25) is 4.57 Å². The molecule has 2 aliphatic heterocycles. The fraction of sp³-hybridized carbons (Fsp3) is 0.135. The van der Waals surface area contributed by atoms with Crippen molar-refractivity contribution in [3.63, 3.8) is 0 Å². The van der Waals surface area contributed by atoms with E-state index in [0.717, 1.165) is 39.7 Å². The van der Waals surface area contributed by atoms with Crippen LogP contribution >= 0.6 is 0 Å². The van der Waals surface area contributed by atoms with E-state index in [2.05, 4.69) is 122 Å². The number of aromatic nitrogens is 3. The molecular weight excluding hydrogens is 516 g/mol. The summed E-state index contributed by atoms with van der Waals surface area (Å²) < 4.78 is 8.50. The topological polar surface area (TPSA) is 43.2 Å². The number of rotatable bonds is 1. The molecule has 5 heteroatoms. The highest BCUT2D eigenvalue weighted by atomic mass is 16.5. The van der Waals surface area contributed by atoms with Crippen LogP contribution in [-0.4, -0.2) is 14.5 Å². The summed E-state index contributed by atoms with van der Waals surface area (Å²) >= 11 is 0. The Labute approximate surface area is 245 Å². The minimum Gasteiger partial charge on any atom is -0.419 e. The predicted molar refractivity (Wildman–Crippen MR) is 169 cm³/mol. The first-order valence-corrected chi connectivity index (χ1v) is 14.3. The lowest BCUT2D eigenvalue weighted by atomic mass is 9.73. The van der Waals surface area contributed by atoms with Gasteiger partial charge in [0.05, 0.1) is 29.0 Å². The zero-order valence-corrected chi connectivity index (χ0v) is 24.1. The lowest BCUT2D eigenvalue weighted by Crippen LogP contribution is -2.30. The summed E-state index contributed by atoms with van der Waals surface area (Å²) in [7, 11) is 0. The highest BCUT2D eigenvalue weighted by Crippen LogP contribution is 2.53. The minimum absolute atomic E-state index is 0.184. The molecule has 0 spiro atoms. The number of aryl methyl sites for hydroxylation is 2. The van der Waals surface area contributed by atoms with Gasteiger partial charge in [0.1, 0.15) is 5.82 Å². The molecule has 4 aromatic carbocycles. The number of fused-ring (bicyclic) bond motifs is 12. The Kier molecular flexibility index (Phi) is 5.23. The number of pyridine rings is 1. The first-order valence-electron chi connectivity index (χ1n) is 14.3. The van der Waals surface area contributed by atoms with Crippen molar-refractivity contribution in [2.75, 3.05) is 4.90 Å². The van der Waals surface area contributed by atoms with E-state index < -0.39 is 0 Å². The van der Waals surface area contributed by atoms with Crippen LogP contribution in [0.4, 0.5) is 17.1 Å². The molecule has 204 valence electrons. The fourth-order valence-electron chi connectivity index (χ4n) is 6.65. The highest BCUT2D eigenvalue weighted by Gasteiger charge is 2.37. The highest BCUT2D eigenvalue weighted by molar-refractivity contribution is 5.89. The molecule has 8 bridgehead atoms. The summed E-state index contributed by atoms with van der Waals surface area (Å²) in [5.41, 5.74) is 12.1. The van der Waals surface area contributed by atoms with Gasteiger partial charge in [0.2, 0.25) is 11.8 Å². The summed E-state index contributed by atoms with van der Waals surface area (Å²) in [4.78, 5) is 12.4. The molecule has 0 aliphatic carbocycles. The Morgan fingerprint density at radius 3 is 2.26 bits per heavy atom. The lowest BCUT2D eigenvalue weighted by Gasteiger charge is -2.42. The van der Waals surface area contributed by atoms with Gasteiger partial charge in [0.25, 0.3) is 0 Å². The summed E-state index contributed by atoms with van der Waals surface area (Å²) in [5, 5.41) is 0. The Hall–Kier alpha value is -5.16. The van der Waals surface area contributed by atoms with Crippen LogP contribution in [0.2, 0.25) is 0 Å². The van der Waals surface area contributed by atoms with Crippen LogP contribution in [0, 0.1) is 13.8 Å². The van der Waals surface area contributed by atoms with Gasteiger partial charge in [-0.15, -0.1) is 0 Å². The zero-order chi connectivity index (χ0) is 28.6. The quantitative estimate of drug-likeness (QED) is 0.206. The molecule has 2 aliphatic rings. The first-order chi connectivity index (χ1) is 20.4. The average molecular weight is 547 g/mol. The van der Waals surface area contributed by atoms with E-state index in [0.29, 0.717) is 11.8 Å². The number of hydrogen-bond acceptors (Lipinski definition) is 4. The SMILES string of the molecule is Cc1cccc(C)c1-n1cc2nc1-c1ccc3c(c1)N(c1cccc(c1)-c1cccc(n1)O2)c1ccccc1C3(C)C. The maximum absolute atomic E-state index is 6.33. The number of benzene rings is 4. The second kappa shape index (κ2) is 8.92. The third kappa shape index (κ3) is 3.63. The fourth-order valence-corrected chi connectivity index (χ4v) is 6.65. The van der Waals surface area contributed by atoms with Gasteiger partial charge in [-0.25, -0.2) is 4.98 Å². The molecular formula is C37H30N4O. The summed E-state index contributed by atoms with van der Waals surface area (Å²) in [6, 6.07) is 36.4. The van der Waals surface area contributed by atoms with Crippen LogP contribution in [0.3, 0.4) is 0 Å². The van der Waals surface area contributed by atoms with E-state index in [1.807, 2.05) is 24.4 Å². The van der Waals surface area contributed by atoms with Gasteiger partial charge in [-0.05, 0) is 66.4 Å². The van der Waals surface area contributed by atoms with Gasteiger partial charge >= 0.3 is 0 Å². The standard InChI is InChI=1S/C37H30N4O/c1-23-10-7-11-24(2)35(23)40-22-34-39-36(40)26-18-19-29-32(21-26)41(31-16-6-5-14-28(31)37(29,3)4)27-13-8-12-25(20-27)30-15-9-17-33(38-30)42-34/h5-22H,1-4H3. The van der Waals surface area contributed by atoms with Crippen LogP contribution in [0.25, 0.3) is 28.3 Å². The molecule has 0 radical (unpaired) electrons. The molecule has 0 unspecified atom stereocenters. The normalized spacial score (nSPS) is 14.0. The van der Waals surface area contributed by atoms with Gasteiger partial charge < -0.3 is 9.64 Å². The van der Waals surface area contributed by atoms with Crippen LogP contribution < -0.4 is 9.64 Å². The van der Waals surface area contributed by atoms with Crippen molar-refractivity contribution in [2.45, 2.75) is 33.1 Å². The first kappa shape index (κ1) is 24.6. The lowest BCUT2D eigenvalue weighted by molar-refractivity contribution is 0.448. The predicted octanol–water partition coefficient (Wildman–Crippen LogP) is 9.43. The third-order valence-electron chi connectivity index (χ3n) is 8.69. The van der Waals surface area contributed by atoms with Crippen LogP contribution in [0.15, 0.2) is 109 Å². The molecule has 6 aromatic rings. The van der Waals surface area contributed by atoms with Crippen molar-refractivity contribution >= 4 is 17.1 Å². The number of ether oxygens (including phenoxy) is 1. The third-order valence-corrected chi connectivity index (χ3v) is 8.69. The molecule has 0 N–H and O–H groups in total. The Balaban J connectivity index is 1.47. The molecule has 0 saturated carbocycles. The van der Waals surface area contributed by atoms with E-state index in [1.165, 1.54) is 27.9 Å². The molecule has 42 heavy (non-hydrogen) atoms. The van der Waals surface area contributed by atoms with Crippen LogP contribution in [0.1, 0.15) is 36.1 Å². The van der Waals surface area contributed by atoms with Gasteiger partial charge in [0.15, 0.2) is 0 Å². The second-order valence-corrected chi connectivity index (χ2v) is 11.7. The van der Waals surface area contributed by atoms with E-state index in [-0.39, 0.29) is 5.41 Å². The van der Waals surface area contributed by atoms with Crippen molar-refractivity contribution in [3.05, 3.63) is 132 Å². The van der Waals surface area contributed by atoms with Crippen LogP contribution in [0.5, 0.6) is 11.8 Å². The molecule has 4 heterocycles. The molecule has 2 aromatic heterocycles. The second-order valence-electron chi connectivity index (χ2n) is 11.7. The maximum Gasteiger partial charge on any atom is 0.240 e. The van der Waals surface area contributed by atoms with Gasteiger partial charge in [0, 0.05) is 28.3 Å². The van der Waals surface area contributed by atoms with E-state index in [1.54, 1.807) is 0 Å². The Morgan fingerprint density at radius 1 is 0.643 bits per heavy atom. The maximum atomic E-state index is 6.33. The number of imidazole rings is 1. The van der Waals surface area contributed by atoms with Crippen molar-refractivity contribution in [1.82, 2.24) is 14.5 Å². The summed E-state index contributed by atoms with van der Waals surface area (Å²) in [6.07, 6.45) is 1.98. The van der Waals surface area contributed by atoms with Crippen molar-refractivity contribution in [3.8, 4) is 40.1 Å². The molecule has 0 saturated heterocycles. The number of para-hydroxylation sites is 2. The monoisotopic (exact) mass is 546 g/mol. The summed E-state index contributed by atoms with van der Waals surface area (Å²) in [5.74, 6) is 1.83. The van der Waals surface area contributed by atoms with Crippen molar-refractivity contribution < 1.29 is 4.74 Å². The van der Waals surface area contributed by atoms with Crippen molar-refractivity contribution in [2.24, 2.45) is 0 Å². The largest absolute Gasteiger partial charge is 0.419 e. The van der Waals surface area contributed by atoms with E-state index >= 15 is 0 Å². The number of anilines is 3. The molecule has 0 fully saturated rings. The van der Waals surface area contributed by atoms with Gasteiger partial charge in [-0.2, -0.15) is 4.98 Å². The average Bonchev–Trinajstić information content (AvgIpc) is 3.40. The van der Waals surface area contributed by atoms with Gasteiger partial charge in [-0.1, -0.05) is 80.6 Å². The Morgan fingerprint density at radius 2 is 1.40 bits per heavy atom. The van der Waals surface area contributed by atoms with Crippen molar-refractivity contribution in [1.29, 1.82) is 0 Å². The summed E-state index contributed by atoms with van der Waals surface area (Å²) in [6.45, 7) is 8.91. The molecule has 8 rings (SSSR count). The molecule has 5 nitrogen and oxygen atoms in total. The minimum atomic E-state index is -0.184. The number of hydrogen-bond donors (Lipinski definition) is 0. The molecule has 0 atom stereocenters. The van der Waals surface area contributed by atoms with E-state index in [4.69, 9.17) is 14.7 Å². The van der Waals surface area contributed by atoms with Crippen LogP contribution in [-0.2, 0) is 5.41 Å². The zero-order valence-electron chi connectivity index (χ0n) is 24.1.